The van der Waals surface area contributed by atoms with Gasteiger partial charge in [-0.05, 0) is 18.6 Å². The lowest BCUT2D eigenvalue weighted by Gasteiger charge is -2.31. The average molecular weight is 194 g/mol. The topological polar surface area (TPSA) is 46.3 Å². The number of amides is 1. The molecule has 0 unspecified atom stereocenters. The minimum absolute atomic E-state index is 0.00667. The monoisotopic (exact) mass is 194 g/mol. The molecular formula is C10H11FN2O. The van der Waals surface area contributed by atoms with Crippen LogP contribution in [0.5, 0.6) is 0 Å². The van der Waals surface area contributed by atoms with Gasteiger partial charge in [-0.2, -0.15) is 0 Å². The van der Waals surface area contributed by atoms with Gasteiger partial charge in [-0.3, -0.25) is 4.79 Å². The van der Waals surface area contributed by atoms with Crippen molar-refractivity contribution in [1.82, 2.24) is 4.90 Å². The highest BCUT2D eigenvalue weighted by Crippen LogP contribution is 2.20. The smallest absolute Gasteiger partial charge is 0.258 e. The van der Waals surface area contributed by atoms with E-state index >= 15 is 0 Å². The van der Waals surface area contributed by atoms with Gasteiger partial charge < -0.3 is 10.6 Å². The molecular weight excluding hydrogens is 183 g/mol. The Morgan fingerprint density at radius 3 is 2.64 bits per heavy atom. The maximum absolute atomic E-state index is 13.3. The Labute approximate surface area is 81.3 Å². The zero-order valence-corrected chi connectivity index (χ0v) is 7.66. The van der Waals surface area contributed by atoms with Gasteiger partial charge >= 0.3 is 0 Å². The molecule has 0 aromatic heterocycles. The molecule has 3 nitrogen and oxygen atoms in total. The maximum atomic E-state index is 13.3. The van der Waals surface area contributed by atoms with E-state index in [1.54, 1.807) is 4.90 Å². The van der Waals surface area contributed by atoms with Gasteiger partial charge in [0.1, 0.15) is 5.82 Å². The first kappa shape index (κ1) is 8.99. The SMILES string of the molecule is Nc1cccc(F)c1C(=O)N1CCC1. The predicted octanol–water partition coefficient (Wildman–Crippen LogP) is 1.25. The molecule has 0 saturated carbocycles. The summed E-state index contributed by atoms with van der Waals surface area (Å²) in [5, 5.41) is 0. The number of carbonyl (C=O) groups is 1. The summed E-state index contributed by atoms with van der Waals surface area (Å²) in [4.78, 5) is 13.3. The molecule has 0 atom stereocenters. The van der Waals surface area contributed by atoms with E-state index in [0.29, 0.717) is 13.1 Å². The largest absolute Gasteiger partial charge is 0.398 e. The summed E-state index contributed by atoms with van der Waals surface area (Å²) in [5.41, 5.74) is 5.77. The molecule has 4 heteroatoms. The fourth-order valence-corrected chi connectivity index (χ4v) is 1.44. The second-order valence-corrected chi connectivity index (χ2v) is 3.35. The molecule has 1 saturated heterocycles. The lowest BCUT2D eigenvalue weighted by Crippen LogP contribution is -2.42. The van der Waals surface area contributed by atoms with Crippen LogP contribution in [0, 0.1) is 5.82 Å². The fourth-order valence-electron chi connectivity index (χ4n) is 1.44. The zero-order chi connectivity index (χ0) is 10.1. The van der Waals surface area contributed by atoms with E-state index < -0.39 is 5.82 Å². The first-order valence-corrected chi connectivity index (χ1v) is 4.53. The van der Waals surface area contributed by atoms with Gasteiger partial charge in [0.25, 0.3) is 5.91 Å². The molecule has 0 radical (unpaired) electrons. The van der Waals surface area contributed by atoms with Gasteiger partial charge in [0, 0.05) is 18.8 Å². The number of hydrogen-bond acceptors (Lipinski definition) is 2. The predicted molar refractivity (Wildman–Crippen MR) is 51.3 cm³/mol. The first-order valence-electron chi connectivity index (χ1n) is 4.53. The van der Waals surface area contributed by atoms with Crippen molar-refractivity contribution in [2.24, 2.45) is 0 Å². The highest BCUT2D eigenvalue weighted by Gasteiger charge is 2.25. The number of halogens is 1. The summed E-state index contributed by atoms with van der Waals surface area (Å²) < 4.78 is 13.3. The highest BCUT2D eigenvalue weighted by molar-refractivity contribution is 5.99. The normalized spacial score (nSPS) is 15.1. The first-order chi connectivity index (χ1) is 6.70. The molecule has 0 spiro atoms. The molecule has 1 fully saturated rings. The minimum atomic E-state index is -0.540. The third kappa shape index (κ3) is 1.32. The van der Waals surface area contributed by atoms with Crippen molar-refractivity contribution in [3.8, 4) is 0 Å². The number of carbonyl (C=O) groups excluding carboxylic acids is 1. The summed E-state index contributed by atoms with van der Waals surface area (Å²) in [7, 11) is 0. The van der Waals surface area contributed by atoms with Crippen molar-refractivity contribution in [3.05, 3.63) is 29.6 Å². The second kappa shape index (κ2) is 3.29. The summed E-state index contributed by atoms with van der Waals surface area (Å²) in [6.07, 6.45) is 0.986. The lowest BCUT2D eigenvalue weighted by molar-refractivity contribution is 0.0648. The van der Waals surface area contributed by atoms with Crippen LogP contribution in [-0.2, 0) is 0 Å². The molecule has 2 N–H and O–H groups in total. The quantitative estimate of drug-likeness (QED) is 0.684. The summed E-state index contributed by atoms with van der Waals surface area (Å²) >= 11 is 0. The number of hydrogen-bond donors (Lipinski definition) is 1. The van der Waals surface area contributed by atoms with E-state index in [1.807, 2.05) is 0 Å². The van der Waals surface area contributed by atoms with Gasteiger partial charge in [0.15, 0.2) is 0 Å². The number of likely N-dealkylation sites (tertiary alicyclic amines) is 1. The minimum Gasteiger partial charge on any atom is -0.398 e. The van der Waals surface area contributed by atoms with Crippen LogP contribution in [0.4, 0.5) is 10.1 Å². The molecule has 1 amide bonds. The Morgan fingerprint density at radius 2 is 2.14 bits per heavy atom. The van der Waals surface area contributed by atoms with Crippen LogP contribution >= 0.6 is 0 Å². The third-order valence-electron chi connectivity index (χ3n) is 2.40. The molecule has 0 aliphatic carbocycles. The lowest BCUT2D eigenvalue weighted by atomic mass is 10.1. The van der Waals surface area contributed by atoms with Crippen molar-refractivity contribution in [2.45, 2.75) is 6.42 Å². The van der Waals surface area contributed by atoms with Crippen LogP contribution in [0.15, 0.2) is 18.2 Å². The molecule has 1 heterocycles. The van der Waals surface area contributed by atoms with Crippen LogP contribution in [0.3, 0.4) is 0 Å². The molecule has 74 valence electrons. The van der Waals surface area contributed by atoms with E-state index in [4.69, 9.17) is 5.73 Å². The Kier molecular flexibility index (Phi) is 2.11. The summed E-state index contributed by atoms with van der Waals surface area (Å²) in [5.74, 6) is -0.839. The number of nitrogens with two attached hydrogens (primary N) is 1. The van der Waals surface area contributed by atoms with E-state index in [2.05, 4.69) is 0 Å². The molecule has 0 bridgehead atoms. The molecule has 2 rings (SSSR count). The third-order valence-corrected chi connectivity index (χ3v) is 2.40. The van der Waals surface area contributed by atoms with Crippen molar-refractivity contribution in [1.29, 1.82) is 0 Å². The van der Waals surface area contributed by atoms with Gasteiger partial charge in [-0.1, -0.05) is 6.07 Å². The standard InChI is InChI=1S/C10H11FN2O/c11-7-3-1-4-8(12)9(7)10(14)13-5-2-6-13/h1,3-4H,2,5-6,12H2. The van der Waals surface area contributed by atoms with E-state index in [-0.39, 0.29) is 17.2 Å². The van der Waals surface area contributed by atoms with Crippen LogP contribution < -0.4 is 5.73 Å². The number of anilines is 1. The van der Waals surface area contributed by atoms with Crippen LogP contribution in [0.1, 0.15) is 16.8 Å². The van der Waals surface area contributed by atoms with Crippen LogP contribution in [0.25, 0.3) is 0 Å². The Hall–Kier alpha value is -1.58. The Bertz CT molecular complexity index is 354. The molecule has 1 aromatic carbocycles. The van der Waals surface area contributed by atoms with E-state index in [1.165, 1.54) is 18.2 Å². The van der Waals surface area contributed by atoms with Gasteiger partial charge in [0.2, 0.25) is 0 Å². The van der Waals surface area contributed by atoms with Crippen molar-refractivity contribution in [3.63, 3.8) is 0 Å². The van der Waals surface area contributed by atoms with E-state index in [0.717, 1.165) is 6.42 Å². The number of nitrogens with zero attached hydrogens (tertiary/aromatic N) is 1. The Morgan fingerprint density at radius 1 is 1.43 bits per heavy atom. The van der Waals surface area contributed by atoms with Gasteiger partial charge in [-0.15, -0.1) is 0 Å². The van der Waals surface area contributed by atoms with Crippen LogP contribution in [0.2, 0.25) is 0 Å². The van der Waals surface area contributed by atoms with E-state index in [9.17, 15) is 9.18 Å². The van der Waals surface area contributed by atoms with Crippen molar-refractivity contribution >= 4 is 11.6 Å². The highest BCUT2D eigenvalue weighted by atomic mass is 19.1. The van der Waals surface area contributed by atoms with Crippen LogP contribution in [-0.4, -0.2) is 23.9 Å². The maximum Gasteiger partial charge on any atom is 0.258 e. The Balaban J connectivity index is 2.34. The molecule has 1 aliphatic heterocycles. The number of rotatable bonds is 1. The number of benzene rings is 1. The second-order valence-electron chi connectivity index (χ2n) is 3.35. The average Bonchev–Trinajstić information content (AvgIpc) is 2.00. The zero-order valence-electron chi connectivity index (χ0n) is 7.66. The fraction of sp³-hybridized carbons (Fsp3) is 0.300. The van der Waals surface area contributed by atoms with Crippen molar-refractivity contribution in [2.75, 3.05) is 18.8 Å². The number of nitrogen functional groups attached to an aromatic ring is 1. The molecule has 1 aromatic rings. The van der Waals surface area contributed by atoms with Crippen molar-refractivity contribution < 1.29 is 9.18 Å². The summed E-state index contributed by atoms with van der Waals surface area (Å²) in [6, 6.07) is 4.29. The van der Waals surface area contributed by atoms with Gasteiger partial charge in [0.05, 0.1) is 5.56 Å². The molecule has 1 aliphatic rings. The summed E-state index contributed by atoms with van der Waals surface area (Å²) in [6.45, 7) is 1.40. The molecule has 14 heavy (non-hydrogen) atoms. The van der Waals surface area contributed by atoms with Gasteiger partial charge in [-0.25, -0.2) is 4.39 Å².